The number of hydrogen-bond acceptors (Lipinski definition) is 3. The predicted molar refractivity (Wildman–Crippen MR) is 63.9 cm³/mol. The van der Waals surface area contributed by atoms with Gasteiger partial charge in [-0.2, -0.15) is 12.7 Å². The van der Waals surface area contributed by atoms with Crippen LogP contribution in [0.3, 0.4) is 0 Å². The van der Waals surface area contributed by atoms with E-state index >= 15 is 0 Å². The van der Waals surface area contributed by atoms with Crippen LogP contribution < -0.4 is 4.18 Å². The summed E-state index contributed by atoms with van der Waals surface area (Å²) >= 11 is 0. The van der Waals surface area contributed by atoms with Crippen molar-refractivity contribution >= 4 is 10.3 Å². The third-order valence-corrected chi connectivity index (χ3v) is 3.85. The van der Waals surface area contributed by atoms with Crippen LogP contribution in [-0.2, 0) is 10.3 Å². The van der Waals surface area contributed by atoms with E-state index in [1.165, 1.54) is 14.1 Å². The van der Waals surface area contributed by atoms with Gasteiger partial charge in [-0.3, -0.25) is 0 Å². The van der Waals surface area contributed by atoms with Gasteiger partial charge in [0.05, 0.1) is 0 Å². The van der Waals surface area contributed by atoms with Crippen LogP contribution in [0, 0.1) is 20.8 Å². The van der Waals surface area contributed by atoms with Gasteiger partial charge >= 0.3 is 10.3 Å². The average Bonchev–Trinajstić information content (AvgIpc) is 2.13. The maximum Gasteiger partial charge on any atom is 0.384 e. The molecule has 0 aliphatic rings. The summed E-state index contributed by atoms with van der Waals surface area (Å²) in [7, 11) is -0.797. The molecule has 0 atom stereocenters. The summed E-state index contributed by atoms with van der Waals surface area (Å²) in [5, 5.41) is 0. The summed E-state index contributed by atoms with van der Waals surface area (Å²) in [4.78, 5) is 0. The summed E-state index contributed by atoms with van der Waals surface area (Å²) in [5.41, 5.74) is 3.18. The van der Waals surface area contributed by atoms with Gasteiger partial charge in [-0.05, 0) is 49.6 Å². The molecule has 0 radical (unpaired) electrons. The van der Waals surface area contributed by atoms with Crippen LogP contribution >= 0.6 is 0 Å². The van der Waals surface area contributed by atoms with Crippen LogP contribution in [0.2, 0.25) is 0 Å². The van der Waals surface area contributed by atoms with Crippen LogP contribution in [0.1, 0.15) is 16.7 Å². The molecule has 0 aliphatic heterocycles. The number of rotatable bonds is 3. The lowest BCUT2D eigenvalue weighted by Gasteiger charge is -2.14. The maximum absolute atomic E-state index is 11.5. The third kappa shape index (κ3) is 2.74. The molecule has 0 amide bonds. The Hall–Kier alpha value is -1.07. The van der Waals surface area contributed by atoms with Crippen molar-refractivity contribution in [1.29, 1.82) is 0 Å². The number of benzene rings is 1. The third-order valence-electron chi connectivity index (χ3n) is 2.55. The standard InChI is InChI=1S/C11H17NO3S/c1-8-6-11(7-9(2)10(8)3)15-16(13,14)12(4)5/h6-7H,1-5H3. The molecular formula is C11H17NO3S. The molecule has 16 heavy (non-hydrogen) atoms. The van der Waals surface area contributed by atoms with E-state index in [9.17, 15) is 8.42 Å². The second kappa shape index (κ2) is 4.43. The lowest BCUT2D eigenvalue weighted by atomic mass is 10.0. The van der Waals surface area contributed by atoms with Crippen molar-refractivity contribution in [1.82, 2.24) is 4.31 Å². The molecule has 0 bridgehead atoms. The van der Waals surface area contributed by atoms with E-state index in [0.717, 1.165) is 21.0 Å². The summed E-state index contributed by atoms with van der Waals surface area (Å²) in [6, 6.07) is 3.45. The number of aryl methyl sites for hydroxylation is 2. The number of hydrogen-bond donors (Lipinski definition) is 0. The van der Waals surface area contributed by atoms with Crippen LogP contribution in [0.5, 0.6) is 5.75 Å². The van der Waals surface area contributed by atoms with Gasteiger partial charge in [-0.15, -0.1) is 0 Å². The highest BCUT2D eigenvalue weighted by Gasteiger charge is 2.16. The molecule has 0 spiro atoms. The van der Waals surface area contributed by atoms with Crippen molar-refractivity contribution in [2.45, 2.75) is 20.8 Å². The highest BCUT2D eigenvalue weighted by molar-refractivity contribution is 7.84. The van der Waals surface area contributed by atoms with E-state index in [1.54, 1.807) is 12.1 Å². The fraction of sp³-hybridized carbons (Fsp3) is 0.455. The smallest absolute Gasteiger partial charge is 0.371 e. The second-order valence-electron chi connectivity index (χ2n) is 4.01. The van der Waals surface area contributed by atoms with E-state index in [4.69, 9.17) is 4.18 Å². The number of nitrogens with zero attached hydrogens (tertiary/aromatic N) is 1. The Balaban J connectivity index is 3.09. The zero-order valence-electron chi connectivity index (χ0n) is 10.2. The SMILES string of the molecule is Cc1cc(OS(=O)(=O)N(C)C)cc(C)c1C. The zero-order chi connectivity index (χ0) is 12.5. The van der Waals surface area contributed by atoms with Crippen LogP contribution in [0.25, 0.3) is 0 Å². The van der Waals surface area contributed by atoms with Crippen molar-refractivity contribution in [3.63, 3.8) is 0 Å². The lowest BCUT2D eigenvalue weighted by molar-refractivity contribution is 0.421. The molecule has 0 heterocycles. The molecule has 1 rings (SSSR count). The van der Waals surface area contributed by atoms with Crippen LogP contribution in [0.15, 0.2) is 12.1 Å². The van der Waals surface area contributed by atoms with E-state index in [-0.39, 0.29) is 0 Å². The first-order valence-corrected chi connectivity index (χ1v) is 6.30. The van der Waals surface area contributed by atoms with Gasteiger partial charge in [-0.25, -0.2) is 0 Å². The molecule has 0 aliphatic carbocycles. The molecule has 0 N–H and O–H groups in total. The van der Waals surface area contributed by atoms with Crippen LogP contribution in [-0.4, -0.2) is 26.8 Å². The lowest BCUT2D eigenvalue weighted by Crippen LogP contribution is -2.27. The Labute approximate surface area is 97.1 Å². The van der Waals surface area contributed by atoms with Gasteiger partial charge < -0.3 is 4.18 Å². The van der Waals surface area contributed by atoms with Gasteiger partial charge in [0, 0.05) is 14.1 Å². The summed E-state index contributed by atoms with van der Waals surface area (Å²) in [6.07, 6.45) is 0. The van der Waals surface area contributed by atoms with Crippen molar-refractivity contribution in [2.24, 2.45) is 0 Å². The minimum atomic E-state index is -3.66. The monoisotopic (exact) mass is 243 g/mol. The van der Waals surface area contributed by atoms with E-state index in [2.05, 4.69) is 0 Å². The van der Waals surface area contributed by atoms with Gasteiger partial charge in [0.2, 0.25) is 0 Å². The minimum absolute atomic E-state index is 0.356. The largest absolute Gasteiger partial charge is 0.384 e. The Morgan fingerprint density at radius 1 is 1.06 bits per heavy atom. The Bertz CT molecular complexity index is 469. The van der Waals surface area contributed by atoms with Crippen molar-refractivity contribution < 1.29 is 12.6 Å². The maximum atomic E-state index is 11.5. The zero-order valence-corrected chi connectivity index (χ0v) is 11.1. The molecular weight excluding hydrogens is 226 g/mol. The first-order chi connectivity index (χ1) is 7.24. The quantitative estimate of drug-likeness (QED) is 0.813. The highest BCUT2D eigenvalue weighted by Crippen LogP contribution is 2.22. The van der Waals surface area contributed by atoms with Crippen molar-refractivity contribution in [3.8, 4) is 5.75 Å². The predicted octanol–water partition coefficient (Wildman–Crippen LogP) is 1.80. The van der Waals surface area contributed by atoms with Crippen LogP contribution in [0.4, 0.5) is 0 Å². The summed E-state index contributed by atoms with van der Waals surface area (Å²) < 4.78 is 29.0. The normalized spacial score (nSPS) is 11.9. The topological polar surface area (TPSA) is 46.6 Å². The Kier molecular flexibility index (Phi) is 3.60. The van der Waals surface area contributed by atoms with E-state index in [1.807, 2.05) is 20.8 Å². The van der Waals surface area contributed by atoms with Gasteiger partial charge in [0.1, 0.15) is 5.75 Å². The van der Waals surface area contributed by atoms with E-state index in [0.29, 0.717) is 5.75 Å². The van der Waals surface area contributed by atoms with Gasteiger partial charge in [0.15, 0.2) is 0 Å². The molecule has 0 saturated heterocycles. The molecule has 4 nitrogen and oxygen atoms in total. The fourth-order valence-electron chi connectivity index (χ4n) is 1.24. The van der Waals surface area contributed by atoms with E-state index < -0.39 is 10.3 Å². The Morgan fingerprint density at radius 3 is 1.88 bits per heavy atom. The Morgan fingerprint density at radius 2 is 1.50 bits per heavy atom. The highest BCUT2D eigenvalue weighted by atomic mass is 32.2. The first kappa shape index (κ1) is 13.0. The molecule has 0 aromatic heterocycles. The molecule has 0 fully saturated rings. The molecule has 90 valence electrons. The minimum Gasteiger partial charge on any atom is -0.371 e. The van der Waals surface area contributed by atoms with Crippen molar-refractivity contribution in [2.75, 3.05) is 14.1 Å². The molecule has 0 saturated carbocycles. The van der Waals surface area contributed by atoms with Gasteiger partial charge in [0.25, 0.3) is 0 Å². The molecule has 1 aromatic rings. The average molecular weight is 243 g/mol. The van der Waals surface area contributed by atoms with Crippen molar-refractivity contribution in [3.05, 3.63) is 28.8 Å². The summed E-state index contributed by atoms with van der Waals surface area (Å²) in [5.74, 6) is 0.356. The summed E-state index contributed by atoms with van der Waals surface area (Å²) in [6.45, 7) is 5.85. The second-order valence-corrected chi connectivity index (χ2v) is 5.76. The van der Waals surface area contributed by atoms with Gasteiger partial charge in [-0.1, -0.05) is 0 Å². The molecule has 1 aromatic carbocycles. The first-order valence-electron chi connectivity index (χ1n) is 4.94. The molecule has 0 unspecified atom stereocenters. The fourth-order valence-corrected chi connectivity index (χ4v) is 1.73. The molecule has 5 heteroatoms.